The van der Waals surface area contributed by atoms with Crippen LogP contribution in [0.4, 0.5) is 0 Å². The monoisotopic (exact) mass is 591 g/mol. The molecule has 0 aliphatic carbocycles. The maximum absolute atomic E-state index is 13.5. The van der Waals surface area contributed by atoms with Gasteiger partial charge in [-0.3, -0.25) is 13.8 Å². The van der Waals surface area contributed by atoms with E-state index in [0.29, 0.717) is 30.4 Å². The second-order valence-corrected chi connectivity index (χ2v) is 12.5. The Balaban J connectivity index is 5.45. The van der Waals surface area contributed by atoms with Crippen LogP contribution in [0.25, 0.3) is 0 Å². The van der Waals surface area contributed by atoms with E-state index in [1.807, 2.05) is 6.92 Å². The fourth-order valence-corrected chi connectivity index (χ4v) is 5.89. The summed E-state index contributed by atoms with van der Waals surface area (Å²) in [6.45, 7) is 5.21. The molecule has 0 rings (SSSR count). The van der Waals surface area contributed by atoms with E-state index in [4.69, 9.17) is 19.9 Å². The Hall–Kier alpha value is -0.600. The van der Waals surface area contributed by atoms with Crippen molar-refractivity contribution in [3.05, 3.63) is 11.1 Å². The first kappa shape index (κ1) is 39.4. The van der Waals surface area contributed by atoms with Gasteiger partial charge < -0.3 is 20.8 Å². The molecule has 9 heteroatoms. The first-order valence-corrected chi connectivity index (χ1v) is 17.6. The first-order chi connectivity index (χ1) is 19.3. The number of phosphoric ester groups is 1. The van der Waals surface area contributed by atoms with Crippen LogP contribution in [0, 0.1) is 0 Å². The second kappa shape index (κ2) is 26.1. The molecule has 0 amide bonds. The molecule has 0 fully saturated rings. The summed E-state index contributed by atoms with van der Waals surface area (Å²) in [6.07, 6.45) is 18.6. The van der Waals surface area contributed by atoms with Crippen molar-refractivity contribution in [2.75, 3.05) is 19.8 Å². The number of hydrogen-bond acceptors (Lipinski definition) is 7. The number of aliphatic hydroxyl groups excluding tert-OH is 2. The quantitative estimate of drug-likeness (QED) is 0.0398. The lowest BCUT2D eigenvalue weighted by Crippen LogP contribution is -2.28. The van der Waals surface area contributed by atoms with Crippen molar-refractivity contribution < 1.29 is 33.5 Å². The Kier molecular flexibility index (Phi) is 25.7. The molecule has 0 aliphatic heterocycles. The number of Topliss-reactive ketones (excluding diaryl/α,β-unsaturated/α-hetero) is 1. The summed E-state index contributed by atoms with van der Waals surface area (Å²) >= 11 is 0. The van der Waals surface area contributed by atoms with E-state index in [1.165, 1.54) is 64.2 Å². The van der Waals surface area contributed by atoms with Gasteiger partial charge in [-0.05, 0) is 36.8 Å². The number of carbonyl (C=O) groups is 1. The average molecular weight is 592 g/mol. The molecular weight excluding hydrogens is 529 g/mol. The van der Waals surface area contributed by atoms with Crippen LogP contribution in [-0.4, -0.2) is 52.9 Å². The van der Waals surface area contributed by atoms with Crippen molar-refractivity contribution in [1.29, 1.82) is 0 Å². The molecule has 0 aromatic rings. The average Bonchev–Trinajstić information content (AvgIpc) is 2.94. The minimum Gasteiger partial charge on any atom is -0.394 e. The van der Waals surface area contributed by atoms with Gasteiger partial charge in [0, 0.05) is 13.0 Å². The molecule has 0 radical (unpaired) electrons. The van der Waals surface area contributed by atoms with Crippen molar-refractivity contribution in [2.45, 2.75) is 161 Å². The largest absolute Gasteiger partial charge is 0.472 e. The highest BCUT2D eigenvalue weighted by molar-refractivity contribution is 7.47. The summed E-state index contributed by atoms with van der Waals surface area (Å²) in [4.78, 5) is 23.8. The molecule has 0 aromatic heterocycles. The molecule has 0 bridgehead atoms. The van der Waals surface area contributed by atoms with Crippen LogP contribution >= 0.6 is 7.82 Å². The van der Waals surface area contributed by atoms with Crippen LogP contribution in [0.2, 0.25) is 0 Å². The smallest absolute Gasteiger partial charge is 0.394 e. The van der Waals surface area contributed by atoms with Crippen LogP contribution < -0.4 is 5.73 Å². The Morgan fingerprint density at radius 2 is 1.23 bits per heavy atom. The zero-order valence-corrected chi connectivity index (χ0v) is 26.8. The third kappa shape index (κ3) is 20.3. The van der Waals surface area contributed by atoms with Crippen molar-refractivity contribution >= 4 is 13.6 Å². The number of aliphatic hydroxyl groups is 2. The van der Waals surface area contributed by atoms with Gasteiger partial charge >= 0.3 is 7.82 Å². The molecule has 8 nitrogen and oxygen atoms in total. The summed E-state index contributed by atoms with van der Waals surface area (Å²) in [5, 5.41) is 18.5. The van der Waals surface area contributed by atoms with Gasteiger partial charge in [-0.25, -0.2) is 4.57 Å². The fraction of sp³-hybridized carbons (Fsp3) is 0.903. The van der Waals surface area contributed by atoms with Gasteiger partial charge in [-0.15, -0.1) is 0 Å². The van der Waals surface area contributed by atoms with Gasteiger partial charge in [0.15, 0.2) is 5.78 Å². The molecule has 0 saturated heterocycles. The molecule has 3 atom stereocenters. The summed E-state index contributed by atoms with van der Waals surface area (Å²) in [6, 6.07) is 0. The number of hydrogen-bond donors (Lipinski definition) is 4. The van der Waals surface area contributed by atoms with Crippen LogP contribution in [0.15, 0.2) is 11.1 Å². The molecule has 2 unspecified atom stereocenters. The SMILES string of the molecule is CCCCCCCCCCC(=O)C(CCCCCCCCCC)=C(CCC)C(CN)OP(=O)(O)OC[C@H](O)CO. The number of rotatable bonds is 29. The van der Waals surface area contributed by atoms with E-state index < -0.39 is 33.2 Å². The lowest BCUT2D eigenvalue weighted by atomic mass is 9.89. The van der Waals surface area contributed by atoms with Gasteiger partial charge in [0.05, 0.1) is 13.2 Å². The lowest BCUT2D eigenvalue weighted by molar-refractivity contribution is -0.116. The van der Waals surface area contributed by atoms with E-state index in [-0.39, 0.29) is 12.3 Å². The number of phosphoric acid groups is 1. The topological polar surface area (TPSA) is 139 Å². The number of unbranched alkanes of at least 4 members (excludes halogenated alkanes) is 14. The minimum absolute atomic E-state index is 0.0717. The van der Waals surface area contributed by atoms with E-state index in [9.17, 15) is 19.4 Å². The van der Waals surface area contributed by atoms with Gasteiger partial charge in [-0.2, -0.15) is 0 Å². The second-order valence-electron chi connectivity index (χ2n) is 11.1. The molecule has 0 aromatic carbocycles. The van der Waals surface area contributed by atoms with Crippen molar-refractivity contribution in [3.8, 4) is 0 Å². The standard InChI is InChI=1S/C31H62NO7P/c1-4-7-9-11-13-15-17-19-22-28(30(35)23-20-18-16-14-12-10-8-5-2)29(21-6-3)31(24-32)39-40(36,37)38-26-27(34)25-33/h27,31,33-34H,4-26,32H2,1-3H3,(H,36,37)/t27-,31?/m1/s1. The van der Waals surface area contributed by atoms with Crippen molar-refractivity contribution in [3.63, 3.8) is 0 Å². The maximum atomic E-state index is 13.5. The highest BCUT2D eigenvalue weighted by Crippen LogP contribution is 2.46. The summed E-state index contributed by atoms with van der Waals surface area (Å²) in [5.74, 6) is 0.0869. The third-order valence-electron chi connectivity index (χ3n) is 7.29. The van der Waals surface area contributed by atoms with Gasteiger partial charge in [0.25, 0.3) is 0 Å². The van der Waals surface area contributed by atoms with E-state index >= 15 is 0 Å². The molecule has 0 spiro atoms. The van der Waals surface area contributed by atoms with Crippen LogP contribution in [-0.2, 0) is 18.4 Å². The molecule has 5 N–H and O–H groups in total. The van der Waals surface area contributed by atoms with Crippen LogP contribution in [0.1, 0.15) is 149 Å². The van der Waals surface area contributed by atoms with Gasteiger partial charge in [-0.1, -0.05) is 117 Å². The van der Waals surface area contributed by atoms with E-state index in [2.05, 4.69) is 13.8 Å². The molecule has 0 aliphatic rings. The fourth-order valence-electron chi connectivity index (χ4n) is 4.93. The zero-order chi connectivity index (χ0) is 30.1. The van der Waals surface area contributed by atoms with Crippen LogP contribution in [0.5, 0.6) is 0 Å². The molecule has 40 heavy (non-hydrogen) atoms. The summed E-state index contributed by atoms with van der Waals surface area (Å²) in [5.41, 5.74) is 7.40. The number of allylic oxidation sites excluding steroid dienone is 1. The van der Waals surface area contributed by atoms with Crippen molar-refractivity contribution in [1.82, 2.24) is 0 Å². The molecule has 238 valence electrons. The predicted molar refractivity (Wildman–Crippen MR) is 164 cm³/mol. The van der Waals surface area contributed by atoms with Crippen molar-refractivity contribution in [2.24, 2.45) is 5.73 Å². The van der Waals surface area contributed by atoms with E-state index in [0.717, 1.165) is 44.9 Å². The molecule has 0 saturated carbocycles. The summed E-state index contributed by atoms with van der Waals surface area (Å²) in [7, 11) is -4.57. The Morgan fingerprint density at radius 1 is 0.750 bits per heavy atom. The van der Waals surface area contributed by atoms with E-state index in [1.54, 1.807) is 0 Å². The maximum Gasteiger partial charge on any atom is 0.472 e. The Labute approximate surface area is 245 Å². The van der Waals surface area contributed by atoms with Gasteiger partial charge in [0.2, 0.25) is 0 Å². The number of nitrogens with two attached hydrogens (primary N) is 1. The van der Waals surface area contributed by atoms with Crippen LogP contribution in [0.3, 0.4) is 0 Å². The minimum atomic E-state index is -4.57. The number of carbonyl (C=O) groups excluding carboxylic acids is 1. The normalized spacial score (nSPS) is 15.5. The third-order valence-corrected chi connectivity index (χ3v) is 8.28. The summed E-state index contributed by atoms with van der Waals surface area (Å²) < 4.78 is 22.9. The molecule has 0 heterocycles. The lowest BCUT2D eigenvalue weighted by Gasteiger charge is -2.25. The zero-order valence-electron chi connectivity index (χ0n) is 25.9. The number of ketones is 1. The highest BCUT2D eigenvalue weighted by atomic mass is 31.2. The predicted octanol–water partition coefficient (Wildman–Crippen LogP) is 7.53. The Morgan fingerprint density at radius 3 is 1.68 bits per heavy atom. The molecular formula is C31H62NO7P. The highest BCUT2D eigenvalue weighted by Gasteiger charge is 2.31. The Bertz CT molecular complexity index is 701. The van der Waals surface area contributed by atoms with Gasteiger partial charge in [0.1, 0.15) is 12.2 Å². The first-order valence-electron chi connectivity index (χ1n) is 16.2.